The van der Waals surface area contributed by atoms with Crippen LogP contribution in [0.3, 0.4) is 0 Å². The van der Waals surface area contributed by atoms with E-state index < -0.39 is 24.3 Å². The van der Waals surface area contributed by atoms with E-state index in [0.29, 0.717) is 29.5 Å². The first kappa shape index (κ1) is 25.7. The molecule has 0 amide bonds. The first-order valence-electron chi connectivity index (χ1n) is 9.60. The number of benzene rings is 1. The minimum absolute atomic E-state index is 0.319. The van der Waals surface area contributed by atoms with E-state index in [1.807, 2.05) is 6.33 Å². The number of fused-ring (bicyclic) bond motifs is 6. The monoisotopic (exact) mass is 506 g/mol. The van der Waals surface area contributed by atoms with Gasteiger partial charge in [-0.25, -0.2) is 24.5 Å². The number of anilines is 1. The molecular weight excluding hydrogens is 490 g/mol. The van der Waals surface area contributed by atoms with E-state index in [1.54, 1.807) is 0 Å². The summed E-state index contributed by atoms with van der Waals surface area (Å²) in [5, 5.41) is 17.9. The summed E-state index contributed by atoms with van der Waals surface area (Å²) >= 11 is 0. The number of aliphatic carboxylic acids is 2. The number of aromatic nitrogens is 4. The van der Waals surface area contributed by atoms with Gasteiger partial charge < -0.3 is 25.8 Å². The number of carboxylic acid groups (broad SMARTS) is 2. The topological polar surface area (TPSA) is 156 Å². The lowest BCUT2D eigenvalue weighted by Gasteiger charge is -2.24. The van der Waals surface area contributed by atoms with Crippen molar-refractivity contribution >= 4 is 28.9 Å². The van der Waals surface area contributed by atoms with Crippen LogP contribution in [0, 0.1) is 0 Å². The van der Waals surface area contributed by atoms with E-state index in [0.717, 1.165) is 12.1 Å². The maximum absolute atomic E-state index is 10.6. The van der Waals surface area contributed by atoms with Gasteiger partial charge in [0, 0.05) is 6.04 Å². The van der Waals surface area contributed by atoms with Gasteiger partial charge in [-0.2, -0.15) is 26.3 Å². The molecule has 2 aliphatic heterocycles. The van der Waals surface area contributed by atoms with Crippen molar-refractivity contribution in [2.24, 2.45) is 0 Å². The molecule has 2 aliphatic rings. The number of carbonyl (C=O) groups is 2. The third-order valence-corrected chi connectivity index (χ3v) is 5.18. The zero-order valence-electron chi connectivity index (χ0n) is 17.2. The average molecular weight is 506 g/mol. The normalized spacial score (nSPS) is 20.3. The molecule has 1 aromatic carbocycles. The third kappa shape index (κ3) is 5.42. The second-order valence-electron chi connectivity index (χ2n) is 7.32. The highest BCUT2D eigenvalue weighted by atomic mass is 19.4. The number of carboxylic acids is 2. The number of nitrogens with two attached hydrogens (primary N) is 1. The Labute approximate surface area is 191 Å². The summed E-state index contributed by atoms with van der Waals surface area (Å²) in [6.07, 6.45) is -5.77. The minimum atomic E-state index is -5.08. The summed E-state index contributed by atoms with van der Waals surface area (Å²) in [6.45, 7) is 0. The fourth-order valence-electron chi connectivity index (χ4n) is 3.79. The van der Waals surface area contributed by atoms with E-state index in [4.69, 9.17) is 25.5 Å². The maximum atomic E-state index is 10.6. The Kier molecular flexibility index (Phi) is 6.86. The Hall–Kier alpha value is -3.95. The number of rotatable bonds is 1. The number of hydrogen-bond acceptors (Lipinski definition) is 7. The predicted octanol–water partition coefficient (Wildman–Crippen LogP) is 3.01. The second kappa shape index (κ2) is 9.36. The van der Waals surface area contributed by atoms with Crippen LogP contribution < -0.4 is 11.1 Å². The third-order valence-electron chi connectivity index (χ3n) is 5.18. The van der Waals surface area contributed by atoms with Crippen molar-refractivity contribution in [1.82, 2.24) is 24.8 Å². The Morgan fingerprint density at radius 1 is 0.971 bits per heavy atom. The maximum Gasteiger partial charge on any atom is 0.490 e. The van der Waals surface area contributed by atoms with Gasteiger partial charge in [-0.1, -0.05) is 24.3 Å². The quantitative estimate of drug-likeness (QED) is 0.364. The number of halogens is 6. The molecule has 2 aromatic heterocycles. The van der Waals surface area contributed by atoms with Crippen LogP contribution in [0.15, 0.2) is 36.9 Å². The molecule has 16 heteroatoms. The Balaban J connectivity index is 0.000000205. The van der Waals surface area contributed by atoms with E-state index in [1.165, 1.54) is 17.5 Å². The molecule has 0 unspecified atom stereocenters. The molecule has 0 aliphatic carbocycles. The second-order valence-corrected chi connectivity index (χ2v) is 7.32. The SMILES string of the molecule is Nc1ncnc2c1ncn2[C@H]1C[C@H]2N[C@@H]1c1ccccc12.O=C(O)C(F)(F)F.O=C(O)C(F)(F)F. The lowest BCUT2D eigenvalue weighted by molar-refractivity contribution is -0.193. The van der Waals surface area contributed by atoms with Crippen LogP contribution in [0.2, 0.25) is 0 Å². The lowest BCUT2D eigenvalue weighted by atomic mass is 9.88. The molecule has 0 radical (unpaired) electrons. The first-order valence-corrected chi connectivity index (χ1v) is 9.60. The number of nitrogens with one attached hydrogen (secondary N) is 1. The van der Waals surface area contributed by atoms with Crippen LogP contribution in [0.4, 0.5) is 32.2 Å². The van der Waals surface area contributed by atoms with Crippen LogP contribution in [0.1, 0.15) is 35.7 Å². The average Bonchev–Trinajstić information content (AvgIpc) is 3.47. The van der Waals surface area contributed by atoms with Crippen molar-refractivity contribution in [3.8, 4) is 0 Å². The molecule has 1 saturated heterocycles. The van der Waals surface area contributed by atoms with Crippen LogP contribution in [-0.4, -0.2) is 54.0 Å². The van der Waals surface area contributed by atoms with Crippen LogP contribution >= 0.6 is 0 Å². The van der Waals surface area contributed by atoms with Crippen molar-refractivity contribution in [3.63, 3.8) is 0 Å². The van der Waals surface area contributed by atoms with Gasteiger partial charge in [-0.15, -0.1) is 0 Å². The molecule has 5 N–H and O–H groups in total. The predicted molar refractivity (Wildman–Crippen MR) is 106 cm³/mol. The number of nitrogens with zero attached hydrogens (tertiary/aromatic N) is 4. The minimum Gasteiger partial charge on any atom is -0.475 e. The van der Waals surface area contributed by atoms with Crippen molar-refractivity contribution < 1.29 is 46.1 Å². The fraction of sp³-hybridized carbons (Fsp3) is 0.316. The molecule has 3 atom stereocenters. The Morgan fingerprint density at radius 3 is 2.06 bits per heavy atom. The van der Waals surface area contributed by atoms with Crippen molar-refractivity contribution in [1.29, 1.82) is 0 Å². The van der Waals surface area contributed by atoms with Gasteiger partial charge in [0.2, 0.25) is 0 Å². The Bertz CT molecular complexity index is 1220. The molecule has 2 bridgehead atoms. The smallest absolute Gasteiger partial charge is 0.475 e. The molecule has 35 heavy (non-hydrogen) atoms. The Morgan fingerprint density at radius 2 is 1.51 bits per heavy atom. The van der Waals surface area contributed by atoms with Crippen molar-refractivity contribution in [2.45, 2.75) is 36.9 Å². The zero-order valence-corrected chi connectivity index (χ0v) is 17.2. The molecule has 3 aromatic rings. The van der Waals surface area contributed by atoms with E-state index in [2.05, 4.69) is 49.1 Å². The van der Waals surface area contributed by atoms with Crippen LogP contribution in [0.25, 0.3) is 11.2 Å². The molecule has 5 rings (SSSR count). The fourth-order valence-corrected chi connectivity index (χ4v) is 3.79. The van der Waals surface area contributed by atoms with Crippen molar-refractivity contribution in [3.05, 3.63) is 48.0 Å². The molecule has 1 fully saturated rings. The summed E-state index contributed by atoms with van der Waals surface area (Å²) in [4.78, 5) is 30.6. The van der Waals surface area contributed by atoms with E-state index in [-0.39, 0.29) is 0 Å². The number of alkyl halides is 6. The standard InChI is InChI=1S/C15H14N6.2C2HF3O2/c16-14-13-15(18-6-17-14)21(7-19-13)11-5-10-8-3-1-2-4-9(8)12(11)20-10;2*3-2(4,5)1(6)7/h1-4,6-7,10-12,20H,5H2,(H2,16,17,18);2*(H,6,7)/t10-,11+,12-;;/m1../s1. The molecule has 0 spiro atoms. The van der Waals surface area contributed by atoms with Crippen LogP contribution in [0.5, 0.6) is 0 Å². The van der Waals surface area contributed by atoms with Gasteiger partial charge >= 0.3 is 24.3 Å². The van der Waals surface area contributed by atoms with Gasteiger partial charge in [0.25, 0.3) is 0 Å². The lowest BCUT2D eigenvalue weighted by Crippen LogP contribution is -2.21. The number of nitrogen functional groups attached to an aromatic ring is 1. The van der Waals surface area contributed by atoms with Crippen LogP contribution in [-0.2, 0) is 9.59 Å². The van der Waals surface area contributed by atoms with Gasteiger partial charge in [0.15, 0.2) is 11.5 Å². The highest BCUT2D eigenvalue weighted by Crippen LogP contribution is 2.51. The molecular formula is C19H16F6N6O4. The highest BCUT2D eigenvalue weighted by molar-refractivity contribution is 5.81. The number of imidazole rings is 1. The van der Waals surface area contributed by atoms with Gasteiger partial charge in [-0.05, 0) is 17.5 Å². The number of hydrogen-bond donors (Lipinski definition) is 4. The summed E-state index contributed by atoms with van der Waals surface area (Å²) in [7, 11) is 0. The summed E-state index contributed by atoms with van der Waals surface area (Å²) in [5.41, 5.74) is 10.2. The van der Waals surface area contributed by atoms with Crippen molar-refractivity contribution in [2.75, 3.05) is 5.73 Å². The van der Waals surface area contributed by atoms with Gasteiger partial charge in [0.05, 0.1) is 18.4 Å². The molecule has 188 valence electrons. The molecule has 10 nitrogen and oxygen atoms in total. The largest absolute Gasteiger partial charge is 0.490 e. The van der Waals surface area contributed by atoms with Gasteiger partial charge in [0.1, 0.15) is 11.8 Å². The highest BCUT2D eigenvalue weighted by Gasteiger charge is 2.44. The van der Waals surface area contributed by atoms with E-state index in [9.17, 15) is 26.3 Å². The van der Waals surface area contributed by atoms with Gasteiger partial charge in [-0.3, -0.25) is 0 Å². The molecule has 4 heterocycles. The summed E-state index contributed by atoms with van der Waals surface area (Å²) in [5.74, 6) is -5.07. The zero-order chi connectivity index (χ0) is 26.1. The summed E-state index contributed by atoms with van der Waals surface area (Å²) in [6, 6.07) is 9.70. The molecule has 0 saturated carbocycles. The first-order chi connectivity index (χ1) is 16.2. The summed E-state index contributed by atoms with van der Waals surface area (Å²) < 4.78 is 65.6. The van der Waals surface area contributed by atoms with E-state index >= 15 is 0 Å².